The van der Waals surface area contributed by atoms with E-state index in [2.05, 4.69) is 26.3 Å². The second kappa shape index (κ2) is 35.6. The number of rotatable bonds is 29. The molecular formula is C64H88N8O22S2. The van der Waals surface area contributed by atoms with Gasteiger partial charge in [-0.1, -0.05) is 52.0 Å². The number of urea groups is 1. The van der Waals surface area contributed by atoms with Crippen molar-refractivity contribution in [1.82, 2.24) is 29.9 Å². The highest BCUT2D eigenvalue weighted by molar-refractivity contribution is 7.89. The number of alkyl carbamates (subject to hydrolysis) is 2. The number of ether oxygens (including phenoxy) is 12. The minimum absolute atomic E-state index is 0.000108. The molecule has 4 aromatic carbocycles. The Bertz CT molecular complexity index is 3460. The van der Waals surface area contributed by atoms with E-state index < -0.39 is 75.0 Å². The number of aliphatic hydroxyl groups excluding tert-OH is 2. The average Bonchev–Trinajstić information content (AvgIpc) is 1.22. The summed E-state index contributed by atoms with van der Waals surface area (Å²) in [6, 6.07) is 20.9. The minimum atomic E-state index is -4.08. The number of aliphatic imine (C=N–C) groups is 1. The predicted molar refractivity (Wildman–Crippen MR) is 343 cm³/mol. The number of nitrogens with zero attached hydrogens (tertiary/aromatic N) is 3. The number of nitrogens with two attached hydrogens (primary N) is 1. The van der Waals surface area contributed by atoms with E-state index in [9.17, 15) is 41.4 Å². The Morgan fingerprint density at radius 3 is 1.44 bits per heavy atom. The van der Waals surface area contributed by atoms with Gasteiger partial charge in [-0.15, -0.1) is 0 Å². The van der Waals surface area contributed by atoms with E-state index in [0.717, 1.165) is 17.5 Å². The third-order valence-corrected chi connectivity index (χ3v) is 19.7. The van der Waals surface area contributed by atoms with E-state index in [1.807, 2.05) is 39.8 Å². The summed E-state index contributed by atoms with van der Waals surface area (Å²) in [6.45, 7) is 10.0. The van der Waals surface area contributed by atoms with Crippen LogP contribution in [-0.2, 0) is 66.1 Å². The van der Waals surface area contributed by atoms with Gasteiger partial charge in [-0.3, -0.25) is 0 Å². The molecule has 0 aliphatic carbocycles. The molecule has 4 amide bonds. The Hall–Kier alpha value is -7.59. The summed E-state index contributed by atoms with van der Waals surface area (Å²) in [6.07, 6.45) is -2.80. The summed E-state index contributed by atoms with van der Waals surface area (Å²) in [7, 11) is -5.23. The Morgan fingerprint density at radius 1 is 0.625 bits per heavy atom. The molecule has 6 aliphatic heterocycles. The van der Waals surface area contributed by atoms with Crippen LogP contribution in [0.1, 0.15) is 51.7 Å². The SMILES string of the molecule is CC(C)CN(C[C@@H](O)[C@H](Cc1ccc(OCCN)cc1)NC(=O)O[C@@H]1CO[C@H]2OCC[C@H]21)S(=O)(=O)c1ccc2c(c1)OCO2.CN=C=O.CNC(=O)NCCOc1ccc(C[C@H](NC(=O)O[C@@H]2CO[C@H]3OCC[C@H]32)[C@H](O)CN(CC(C)C)S(=O)(=O)c2ccc3c(c2)OCO3)cc1. The third-order valence-electron chi connectivity index (χ3n) is 16.0. The van der Waals surface area contributed by atoms with Crippen molar-refractivity contribution in [2.75, 3.05) is 107 Å². The maximum atomic E-state index is 13.9. The molecule has 6 aliphatic rings. The fraction of sp³-hybridized carbons (Fsp3) is 0.562. The van der Waals surface area contributed by atoms with Gasteiger partial charge in [-0.05, 0) is 97.2 Å². The standard InChI is InChI=1S/C32H44N4O11S.C30H41N3O10S.C2H3NO/c1-20(2)16-36(48(40,41)23-8-9-27-28(15-23)46-19-45-27)17-26(37)25(35-32(39)47-29-18-44-30-24(29)10-12-43-30)14-21-4-6-22(7-5-21)42-13-11-34-31(38)33-3;1-19(2)15-33(44(36,37)22-7-8-26-27(14-22)42-18-41-26)16-25(34)24(13-20-3-5-21(6-4-20)38-12-10-31)32-30(35)43-28-17-40-29-23(28)9-11-39-29;1-3-2-4/h4-9,15,20,24-26,29-30,37H,10-14,16-19H2,1-3H3,(H,35,39)(H2,33,34,38);3-8,14,19,23-25,28-29,34H,9-13,15-18,31H2,1-2H3,(H,32,35);1H3/t24-,25-,26+,29+,30+;23-,24-,25+,28+,29+;/m00./s1. The molecule has 4 fully saturated rings. The van der Waals surface area contributed by atoms with Crippen LogP contribution in [0.15, 0.2) is 99.7 Å². The number of hydrogen-bond donors (Lipinski definition) is 7. The van der Waals surface area contributed by atoms with Gasteiger partial charge in [0.2, 0.25) is 39.7 Å². The Balaban J connectivity index is 0.000000233. The second-order valence-electron chi connectivity index (χ2n) is 24.0. The number of isocyanates is 1. The molecular weight excluding hydrogens is 1300 g/mol. The minimum Gasteiger partial charge on any atom is -0.492 e. The van der Waals surface area contributed by atoms with Gasteiger partial charge >= 0.3 is 18.2 Å². The molecule has 96 heavy (non-hydrogen) atoms. The summed E-state index contributed by atoms with van der Waals surface area (Å²) in [5.74, 6) is 2.52. The van der Waals surface area contributed by atoms with Gasteiger partial charge in [-0.25, -0.2) is 41.0 Å². The molecule has 4 aromatic rings. The first kappa shape index (κ1) is 74.2. The van der Waals surface area contributed by atoms with Gasteiger partial charge in [0.25, 0.3) is 0 Å². The lowest BCUT2D eigenvalue weighted by atomic mass is 10.0. The zero-order chi connectivity index (χ0) is 68.9. The van der Waals surface area contributed by atoms with Gasteiger partial charge in [0.15, 0.2) is 35.6 Å². The summed E-state index contributed by atoms with van der Waals surface area (Å²) >= 11 is 0. The molecule has 30 nitrogen and oxygen atoms in total. The third kappa shape index (κ3) is 20.7. The molecule has 0 spiro atoms. The van der Waals surface area contributed by atoms with Crippen LogP contribution in [0, 0.1) is 23.7 Å². The maximum Gasteiger partial charge on any atom is 0.407 e. The first-order valence-corrected chi connectivity index (χ1v) is 34.6. The highest BCUT2D eigenvalue weighted by Crippen LogP contribution is 2.38. The molecule has 4 saturated heterocycles. The zero-order valence-corrected chi connectivity index (χ0v) is 56.2. The topological polar surface area (TPSA) is 381 Å². The number of carbonyl (C=O) groups excluding carboxylic acids is 4. The smallest absolute Gasteiger partial charge is 0.407 e. The molecule has 10 atom stereocenters. The van der Waals surface area contributed by atoms with E-state index in [1.54, 1.807) is 42.5 Å². The number of hydrogen-bond acceptors (Lipinski definition) is 24. The number of benzene rings is 4. The number of amides is 4. The van der Waals surface area contributed by atoms with Crippen molar-refractivity contribution < 1.29 is 103 Å². The van der Waals surface area contributed by atoms with Crippen LogP contribution in [0.5, 0.6) is 34.5 Å². The molecule has 0 saturated carbocycles. The summed E-state index contributed by atoms with van der Waals surface area (Å²) in [5.41, 5.74) is 7.06. The molecule has 0 aromatic heterocycles. The molecule has 0 bridgehead atoms. The van der Waals surface area contributed by atoms with Crippen LogP contribution in [0.4, 0.5) is 14.4 Å². The predicted octanol–water partition coefficient (Wildman–Crippen LogP) is 3.64. The lowest BCUT2D eigenvalue weighted by Crippen LogP contribution is -2.51. The van der Waals surface area contributed by atoms with E-state index in [1.165, 1.54) is 59.1 Å². The quantitative estimate of drug-likeness (QED) is 0.0232. The lowest BCUT2D eigenvalue weighted by Gasteiger charge is -2.31. The molecule has 32 heteroatoms. The number of nitrogens with one attached hydrogen (secondary N) is 4. The van der Waals surface area contributed by atoms with Crippen LogP contribution in [0.25, 0.3) is 0 Å². The highest BCUT2D eigenvalue weighted by atomic mass is 32.2. The van der Waals surface area contributed by atoms with Crippen LogP contribution >= 0.6 is 0 Å². The zero-order valence-electron chi connectivity index (χ0n) is 54.5. The lowest BCUT2D eigenvalue weighted by molar-refractivity contribution is -0.0909. The normalized spacial score (nSPS) is 20.9. The van der Waals surface area contributed by atoms with Crippen molar-refractivity contribution >= 4 is 44.3 Å². The first-order valence-electron chi connectivity index (χ1n) is 31.7. The van der Waals surface area contributed by atoms with Gasteiger partial charge in [-0.2, -0.15) is 8.61 Å². The van der Waals surface area contributed by atoms with Crippen LogP contribution in [0.3, 0.4) is 0 Å². The fourth-order valence-corrected chi connectivity index (χ4v) is 14.5. The molecule has 10 rings (SSSR count). The molecule has 0 radical (unpaired) electrons. The van der Waals surface area contributed by atoms with E-state index in [-0.39, 0.29) is 118 Å². The van der Waals surface area contributed by atoms with Crippen molar-refractivity contribution in [3.05, 3.63) is 96.1 Å². The summed E-state index contributed by atoms with van der Waals surface area (Å²) < 4.78 is 124. The average molecular weight is 1390 g/mol. The Labute approximate surface area is 558 Å². The number of carbonyl (C=O) groups is 3. The van der Waals surface area contributed by atoms with Gasteiger partial charge in [0, 0.05) is 59.0 Å². The fourth-order valence-electron chi connectivity index (χ4n) is 11.3. The monoisotopic (exact) mass is 1380 g/mol. The summed E-state index contributed by atoms with van der Waals surface area (Å²) in [4.78, 5) is 49.5. The van der Waals surface area contributed by atoms with Crippen LogP contribution in [-0.4, -0.2) is 216 Å². The number of sulfonamides is 2. The van der Waals surface area contributed by atoms with E-state index in [4.69, 9.17) is 67.4 Å². The first-order chi connectivity index (χ1) is 46.1. The second-order valence-corrected chi connectivity index (χ2v) is 27.9. The molecule has 8 N–H and O–H groups in total. The van der Waals surface area contributed by atoms with Gasteiger partial charge in [0.1, 0.15) is 36.9 Å². The van der Waals surface area contributed by atoms with Crippen LogP contribution < -0.4 is 55.4 Å². The number of fused-ring (bicyclic) bond motifs is 4. The van der Waals surface area contributed by atoms with Crippen molar-refractivity contribution in [2.45, 2.75) is 112 Å². The maximum absolute atomic E-state index is 13.9. The molecule has 528 valence electrons. The Morgan fingerprint density at radius 2 is 1.04 bits per heavy atom. The highest BCUT2D eigenvalue weighted by Gasteiger charge is 2.46. The number of aliphatic hydroxyl groups is 2. The summed E-state index contributed by atoms with van der Waals surface area (Å²) in [5, 5.41) is 33.8. The van der Waals surface area contributed by atoms with Gasteiger partial charge in [0.05, 0.1) is 78.9 Å². The van der Waals surface area contributed by atoms with Crippen molar-refractivity contribution in [1.29, 1.82) is 0 Å². The Kier molecular flexibility index (Phi) is 27.5. The van der Waals surface area contributed by atoms with Gasteiger partial charge < -0.3 is 94.1 Å². The van der Waals surface area contributed by atoms with Crippen molar-refractivity contribution in [3.63, 3.8) is 0 Å². The van der Waals surface area contributed by atoms with Crippen molar-refractivity contribution in [2.24, 2.45) is 34.4 Å². The van der Waals surface area contributed by atoms with E-state index in [0.29, 0.717) is 73.8 Å². The van der Waals surface area contributed by atoms with Crippen molar-refractivity contribution in [3.8, 4) is 34.5 Å². The molecule has 0 unspecified atom stereocenters. The molecule has 6 heterocycles. The van der Waals surface area contributed by atoms with E-state index >= 15 is 0 Å². The van der Waals surface area contributed by atoms with Crippen LogP contribution in [0.2, 0.25) is 0 Å². The largest absolute Gasteiger partial charge is 0.492 e.